The van der Waals surface area contributed by atoms with E-state index in [-0.39, 0.29) is 6.10 Å². The van der Waals surface area contributed by atoms with Crippen molar-refractivity contribution in [2.45, 2.75) is 13.0 Å². The predicted molar refractivity (Wildman–Crippen MR) is 64.1 cm³/mol. The third kappa shape index (κ3) is 2.49. The molecule has 2 rings (SSSR count). The van der Waals surface area contributed by atoms with Gasteiger partial charge in [0, 0.05) is 11.2 Å². The fraction of sp³-hybridized carbons (Fsp3) is 0.182. The average molecular weight is 257 g/mol. The molecule has 84 valence electrons. The summed E-state index contributed by atoms with van der Waals surface area (Å²) in [6, 6.07) is 6.99. The Labute approximate surface area is 103 Å². The Hall–Kier alpha value is -1.19. The second kappa shape index (κ2) is 4.76. The van der Waals surface area contributed by atoms with E-state index in [0.29, 0.717) is 15.8 Å². The number of nitrogens with zero attached hydrogens (tertiary/aromatic N) is 1. The molecule has 0 radical (unpaired) electrons. The van der Waals surface area contributed by atoms with Crippen molar-refractivity contribution in [2.75, 3.05) is 0 Å². The first-order valence-electron chi connectivity index (χ1n) is 4.78. The third-order valence-corrected chi connectivity index (χ3v) is 2.69. The number of rotatable bonds is 3. The molecule has 0 saturated carbocycles. The average Bonchev–Trinajstić information content (AvgIpc) is 2.75. The molecule has 1 aromatic carbocycles. The predicted octanol–water partition coefficient (Wildman–Crippen LogP) is 3.86. The Morgan fingerprint density at radius 3 is 2.75 bits per heavy atom. The van der Waals surface area contributed by atoms with E-state index in [1.54, 1.807) is 24.4 Å². The fourth-order valence-corrected chi connectivity index (χ4v) is 1.77. The monoisotopic (exact) mass is 256 g/mol. The van der Waals surface area contributed by atoms with Gasteiger partial charge in [-0.15, -0.1) is 0 Å². The highest BCUT2D eigenvalue weighted by Crippen LogP contribution is 2.30. The number of aromatic amines is 1. The lowest BCUT2D eigenvalue weighted by atomic mass is 10.3. The van der Waals surface area contributed by atoms with Gasteiger partial charge in [0.2, 0.25) is 0 Å². The fourth-order valence-electron chi connectivity index (χ4n) is 1.32. The van der Waals surface area contributed by atoms with Crippen LogP contribution in [0.5, 0.6) is 5.75 Å². The molecule has 1 atom stereocenters. The van der Waals surface area contributed by atoms with Gasteiger partial charge in [0.05, 0.1) is 10.7 Å². The molecule has 0 aliphatic rings. The number of hydrogen-bond donors (Lipinski definition) is 1. The minimum Gasteiger partial charge on any atom is -0.483 e. The van der Waals surface area contributed by atoms with Gasteiger partial charge >= 0.3 is 0 Å². The molecule has 5 heteroatoms. The molecular weight excluding hydrogens is 247 g/mol. The molecule has 0 spiro atoms. The molecule has 0 bridgehead atoms. The molecular formula is C11H10Cl2N2O. The first kappa shape index (κ1) is 11.3. The Bertz CT molecular complexity index is 471. The second-order valence-electron chi connectivity index (χ2n) is 3.35. The van der Waals surface area contributed by atoms with Crippen LogP contribution in [-0.2, 0) is 0 Å². The second-order valence-corrected chi connectivity index (χ2v) is 4.19. The summed E-state index contributed by atoms with van der Waals surface area (Å²) in [5.74, 6) is 0.605. The minimum absolute atomic E-state index is 0.138. The van der Waals surface area contributed by atoms with Crippen LogP contribution in [0.25, 0.3) is 0 Å². The Kier molecular flexibility index (Phi) is 3.36. The van der Waals surface area contributed by atoms with Gasteiger partial charge in [0.25, 0.3) is 0 Å². The number of halogens is 2. The Morgan fingerprint density at radius 1 is 1.31 bits per heavy atom. The molecule has 0 unspecified atom stereocenters. The van der Waals surface area contributed by atoms with Crippen molar-refractivity contribution >= 4 is 23.2 Å². The van der Waals surface area contributed by atoms with Crippen molar-refractivity contribution in [3.05, 3.63) is 46.2 Å². The van der Waals surface area contributed by atoms with Gasteiger partial charge in [-0.2, -0.15) is 5.10 Å². The molecule has 0 aliphatic carbocycles. The first-order valence-corrected chi connectivity index (χ1v) is 5.53. The van der Waals surface area contributed by atoms with E-state index in [2.05, 4.69) is 10.2 Å². The van der Waals surface area contributed by atoms with Crippen LogP contribution in [0.15, 0.2) is 30.5 Å². The zero-order valence-corrected chi connectivity index (χ0v) is 10.1. The van der Waals surface area contributed by atoms with Crippen LogP contribution in [0.2, 0.25) is 10.0 Å². The number of hydrogen-bond acceptors (Lipinski definition) is 2. The SMILES string of the molecule is C[C@H](Oc1ccc(Cl)cc1Cl)c1ccn[nH]1. The number of benzene rings is 1. The Balaban J connectivity index is 2.15. The van der Waals surface area contributed by atoms with Crippen LogP contribution >= 0.6 is 23.2 Å². The van der Waals surface area contributed by atoms with Crippen LogP contribution in [0.3, 0.4) is 0 Å². The van der Waals surface area contributed by atoms with Crippen molar-refractivity contribution < 1.29 is 4.74 Å². The normalized spacial score (nSPS) is 12.4. The molecule has 3 nitrogen and oxygen atoms in total. The smallest absolute Gasteiger partial charge is 0.139 e. The van der Waals surface area contributed by atoms with Gasteiger partial charge in [0.15, 0.2) is 0 Å². The first-order chi connectivity index (χ1) is 7.66. The zero-order chi connectivity index (χ0) is 11.5. The van der Waals surface area contributed by atoms with Crippen LogP contribution < -0.4 is 4.74 Å². The Morgan fingerprint density at radius 2 is 2.12 bits per heavy atom. The quantitative estimate of drug-likeness (QED) is 0.906. The van der Waals surface area contributed by atoms with Crippen LogP contribution in [-0.4, -0.2) is 10.2 Å². The molecule has 0 fully saturated rings. The maximum Gasteiger partial charge on any atom is 0.139 e. The molecule has 2 aromatic rings. The van der Waals surface area contributed by atoms with Crippen molar-refractivity contribution in [3.63, 3.8) is 0 Å². The van der Waals surface area contributed by atoms with Crippen molar-refractivity contribution in [2.24, 2.45) is 0 Å². The van der Waals surface area contributed by atoms with Gasteiger partial charge < -0.3 is 4.74 Å². The lowest BCUT2D eigenvalue weighted by molar-refractivity contribution is 0.222. The van der Waals surface area contributed by atoms with Crippen LogP contribution in [0.1, 0.15) is 18.7 Å². The molecule has 16 heavy (non-hydrogen) atoms. The van der Waals surface area contributed by atoms with Crippen molar-refractivity contribution in [1.82, 2.24) is 10.2 Å². The summed E-state index contributed by atoms with van der Waals surface area (Å²) < 4.78 is 5.68. The standard InChI is InChI=1S/C11H10Cl2N2O/c1-7(10-4-5-14-15-10)16-11-3-2-8(12)6-9(11)13/h2-7H,1H3,(H,14,15)/t7-/m0/s1. The van der Waals surface area contributed by atoms with E-state index < -0.39 is 0 Å². The van der Waals surface area contributed by atoms with Gasteiger partial charge in [-0.1, -0.05) is 23.2 Å². The van der Waals surface area contributed by atoms with E-state index in [0.717, 1.165) is 5.69 Å². The number of nitrogens with one attached hydrogen (secondary N) is 1. The highest BCUT2D eigenvalue weighted by atomic mass is 35.5. The van der Waals surface area contributed by atoms with E-state index in [4.69, 9.17) is 27.9 Å². The molecule has 0 amide bonds. The number of ether oxygens (including phenoxy) is 1. The summed E-state index contributed by atoms with van der Waals surface area (Å²) in [6.07, 6.45) is 1.54. The van der Waals surface area contributed by atoms with E-state index in [1.807, 2.05) is 13.0 Å². The summed E-state index contributed by atoms with van der Waals surface area (Å²) in [6.45, 7) is 1.92. The third-order valence-electron chi connectivity index (χ3n) is 2.16. The van der Waals surface area contributed by atoms with Gasteiger partial charge in [0.1, 0.15) is 11.9 Å². The minimum atomic E-state index is -0.138. The maximum atomic E-state index is 6.00. The van der Waals surface area contributed by atoms with Gasteiger partial charge in [-0.3, -0.25) is 5.10 Å². The summed E-state index contributed by atoms with van der Waals surface area (Å²) >= 11 is 11.8. The summed E-state index contributed by atoms with van der Waals surface area (Å²) in [7, 11) is 0. The summed E-state index contributed by atoms with van der Waals surface area (Å²) in [5, 5.41) is 7.79. The van der Waals surface area contributed by atoms with E-state index in [1.165, 1.54) is 0 Å². The molecule has 1 aromatic heterocycles. The van der Waals surface area contributed by atoms with Crippen molar-refractivity contribution in [1.29, 1.82) is 0 Å². The van der Waals surface area contributed by atoms with Gasteiger partial charge in [-0.25, -0.2) is 0 Å². The molecule has 1 N–H and O–H groups in total. The van der Waals surface area contributed by atoms with Crippen LogP contribution in [0.4, 0.5) is 0 Å². The lowest BCUT2D eigenvalue weighted by Gasteiger charge is -2.14. The van der Waals surface area contributed by atoms with Crippen molar-refractivity contribution in [3.8, 4) is 5.75 Å². The highest BCUT2D eigenvalue weighted by Gasteiger charge is 2.10. The molecule has 0 aliphatic heterocycles. The molecule has 0 saturated heterocycles. The highest BCUT2D eigenvalue weighted by molar-refractivity contribution is 6.35. The van der Waals surface area contributed by atoms with Crippen LogP contribution in [0, 0.1) is 0 Å². The molecule has 1 heterocycles. The van der Waals surface area contributed by atoms with E-state index >= 15 is 0 Å². The lowest BCUT2D eigenvalue weighted by Crippen LogP contribution is -2.03. The summed E-state index contributed by atoms with van der Waals surface area (Å²) in [5.41, 5.74) is 0.894. The van der Waals surface area contributed by atoms with Gasteiger partial charge in [-0.05, 0) is 31.2 Å². The number of H-pyrrole nitrogens is 1. The van der Waals surface area contributed by atoms with E-state index in [9.17, 15) is 0 Å². The maximum absolute atomic E-state index is 6.00. The number of aromatic nitrogens is 2. The largest absolute Gasteiger partial charge is 0.483 e. The zero-order valence-electron chi connectivity index (χ0n) is 8.58. The summed E-state index contributed by atoms with van der Waals surface area (Å²) in [4.78, 5) is 0. The topological polar surface area (TPSA) is 37.9 Å².